The quantitative estimate of drug-likeness (QED) is 0.567. The van der Waals surface area contributed by atoms with Gasteiger partial charge in [0.25, 0.3) is 11.4 Å². The maximum Gasteiger partial charge on any atom is 0.324 e. The largest absolute Gasteiger partial charge is 0.497 e. The number of hydrogen-bond acceptors (Lipinski definition) is 9. The fraction of sp³-hybridized carbons (Fsp3) is 0.133. The second-order valence-corrected chi connectivity index (χ2v) is 6.67. The molecule has 1 N–H and O–H groups in total. The van der Waals surface area contributed by atoms with Crippen LogP contribution in [0.5, 0.6) is 5.75 Å². The molecule has 0 atom stereocenters. The molecular weight excluding hydrogens is 416 g/mol. The fourth-order valence-corrected chi connectivity index (χ4v) is 3.06. The summed E-state index contributed by atoms with van der Waals surface area (Å²) < 4.78 is 0. The number of rotatable bonds is 4. The smallest absolute Gasteiger partial charge is 0.324 e. The number of phenolic OH excluding ortho intramolecular Hbond substituents is 1. The minimum atomic E-state index is -1.21. The summed E-state index contributed by atoms with van der Waals surface area (Å²) >= 11 is 7.58. The molecule has 0 saturated heterocycles. The molecule has 0 spiro atoms. The molecule has 1 aliphatic rings. The summed E-state index contributed by atoms with van der Waals surface area (Å²) in [6.45, 7) is 0.947. The molecule has 13 heteroatoms. The third kappa shape index (κ3) is 5.14. The summed E-state index contributed by atoms with van der Waals surface area (Å²) in [6.07, 6.45) is 0. The Morgan fingerprint density at radius 1 is 0.964 bits per heavy atom. The highest BCUT2D eigenvalue weighted by Gasteiger charge is 2.30. The molecular formula is C15H11ClN4O7S. The fourth-order valence-electron chi connectivity index (χ4n) is 2.08. The van der Waals surface area contributed by atoms with E-state index in [-0.39, 0.29) is 0 Å². The Morgan fingerprint density at radius 3 is 1.89 bits per heavy atom. The number of aliphatic imine (C=N–C) groups is 1. The van der Waals surface area contributed by atoms with Crippen molar-refractivity contribution in [2.45, 2.75) is 0 Å². The topological polar surface area (TPSA) is 162 Å². The zero-order valence-electron chi connectivity index (χ0n) is 13.9. The summed E-state index contributed by atoms with van der Waals surface area (Å²) in [6, 6.07) is 8.72. The number of nitrogens with zero attached hydrogens (tertiary/aromatic N) is 4. The van der Waals surface area contributed by atoms with Gasteiger partial charge in [-0.05, 0) is 12.1 Å². The van der Waals surface area contributed by atoms with E-state index in [0.29, 0.717) is 12.1 Å². The average Bonchev–Trinajstić information content (AvgIpc) is 3.17. The van der Waals surface area contributed by atoms with Crippen molar-refractivity contribution in [3.8, 4) is 5.75 Å². The van der Waals surface area contributed by atoms with Gasteiger partial charge in [-0.2, -0.15) is 0 Å². The summed E-state index contributed by atoms with van der Waals surface area (Å²) in [7, 11) is 0. The van der Waals surface area contributed by atoms with Gasteiger partial charge >= 0.3 is 11.4 Å². The highest BCUT2D eigenvalue weighted by atomic mass is 35.5. The van der Waals surface area contributed by atoms with Crippen LogP contribution in [-0.4, -0.2) is 37.2 Å². The van der Waals surface area contributed by atoms with E-state index in [2.05, 4.69) is 4.99 Å². The Labute approximate surface area is 166 Å². The van der Waals surface area contributed by atoms with E-state index in [1.54, 1.807) is 0 Å². The molecule has 2 aromatic carbocycles. The van der Waals surface area contributed by atoms with Gasteiger partial charge in [0.1, 0.15) is 0 Å². The SMILES string of the molecule is Clc1ccc(C2=NCCS2)cc1.O=[N+]([O-])c1cc([N+](=O)[O-])c(O)c([N+](=O)[O-])c1. The van der Waals surface area contributed by atoms with Gasteiger partial charge in [0.05, 0.1) is 31.9 Å². The summed E-state index contributed by atoms with van der Waals surface area (Å²) in [5, 5.41) is 42.1. The third-order valence-electron chi connectivity index (χ3n) is 3.34. The Bertz CT molecular complexity index is 930. The first-order chi connectivity index (χ1) is 13.2. The van der Waals surface area contributed by atoms with Gasteiger partial charge in [0, 0.05) is 22.9 Å². The Hall–Kier alpha value is -3.25. The molecule has 1 aliphatic heterocycles. The predicted molar refractivity (Wildman–Crippen MR) is 103 cm³/mol. The first-order valence-corrected chi connectivity index (χ1v) is 8.80. The normalized spacial score (nSPS) is 12.5. The van der Waals surface area contributed by atoms with Crippen LogP contribution in [0, 0.1) is 30.3 Å². The van der Waals surface area contributed by atoms with Crippen LogP contribution < -0.4 is 0 Å². The maximum atomic E-state index is 10.4. The van der Waals surface area contributed by atoms with Crippen molar-refractivity contribution in [2.24, 2.45) is 4.99 Å². The maximum absolute atomic E-state index is 10.4. The number of benzene rings is 2. The van der Waals surface area contributed by atoms with Crippen molar-refractivity contribution in [2.75, 3.05) is 12.3 Å². The number of hydrogen-bond donors (Lipinski definition) is 1. The van der Waals surface area contributed by atoms with E-state index in [1.165, 1.54) is 5.56 Å². The van der Waals surface area contributed by atoms with Crippen LogP contribution in [0.1, 0.15) is 5.56 Å². The lowest BCUT2D eigenvalue weighted by Gasteiger charge is -1.98. The molecule has 0 fully saturated rings. The molecule has 146 valence electrons. The molecule has 0 unspecified atom stereocenters. The number of non-ortho nitro benzene ring substituents is 1. The number of aromatic hydroxyl groups is 1. The van der Waals surface area contributed by atoms with Crippen LogP contribution in [-0.2, 0) is 0 Å². The van der Waals surface area contributed by atoms with Crippen LogP contribution >= 0.6 is 23.4 Å². The van der Waals surface area contributed by atoms with Crippen LogP contribution in [0.15, 0.2) is 41.4 Å². The highest BCUT2D eigenvalue weighted by Crippen LogP contribution is 2.38. The van der Waals surface area contributed by atoms with E-state index < -0.39 is 37.6 Å². The number of nitro benzene ring substituents is 3. The molecule has 0 radical (unpaired) electrons. The van der Waals surface area contributed by atoms with Crippen molar-refractivity contribution in [1.29, 1.82) is 0 Å². The van der Waals surface area contributed by atoms with Crippen molar-refractivity contribution in [1.82, 2.24) is 0 Å². The minimum Gasteiger partial charge on any atom is -0.497 e. The lowest BCUT2D eigenvalue weighted by atomic mass is 10.2. The van der Waals surface area contributed by atoms with Crippen LogP contribution in [0.25, 0.3) is 0 Å². The summed E-state index contributed by atoms with van der Waals surface area (Å²) in [5.41, 5.74) is -1.82. The monoisotopic (exact) mass is 426 g/mol. The van der Waals surface area contributed by atoms with Crippen LogP contribution in [0.4, 0.5) is 17.1 Å². The number of halogens is 1. The van der Waals surface area contributed by atoms with Gasteiger partial charge < -0.3 is 5.11 Å². The second kappa shape index (κ2) is 9.10. The summed E-state index contributed by atoms with van der Waals surface area (Å²) in [5.74, 6) is -0.0987. The first kappa shape index (κ1) is 21.1. The molecule has 0 amide bonds. The van der Waals surface area contributed by atoms with Gasteiger partial charge in [-0.1, -0.05) is 23.7 Å². The van der Waals surface area contributed by atoms with E-state index >= 15 is 0 Å². The minimum absolute atomic E-state index is 0.447. The lowest BCUT2D eigenvalue weighted by molar-refractivity contribution is -0.404. The molecule has 0 saturated carbocycles. The van der Waals surface area contributed by atoms with Crippen molar-refractivity contribution < 1.29 is 19.9 Å². The zero-order chi connectivity index (χ0) is 20.8. The van der Waals surface area contributed by atoms with Gasteiger partial charge in [0.2, 0.25) is 0 Å². The van der Waals surface area contributed by atoms with E-state index in [1.807, 2.05) is 36.0 Å². The van der Waals surface area contributed by atoms with E-state index in [9.17, 15) is 30.3 Å². The highest BCUT2D eigenvalue weighted by molar-refractivity contribution is 8.14. The second-order valence-electron chi connectivity index (χ2n) is 5.15. The van der Waals surface area contributed by atoms with Gasteiger partial charge in [-0.25, -0.2) is 0 Å². The zero-order valence-corrected chi connectivity index (χ0v) is 15.4. The van der Waals surface area contributed by atoms with Crippen LogP contribution in [0.2, 0.25) is 5.02 Å². The van der Waals surface area contributed by atoms with Crippen LogP contribution in [0.3, 0.4) is 0 Å². The number of thioether (sulfide) groups is 1. The van der Waals surface area contributed by atoms with Crippen molar-refractivity contribution >= 4 is 45.5 Å². The van der Waals surface area contributed by atoms with Crippen molar-refractivity contribution in [3.05, 3.63) is 77.3 Å². The molecule has 3 rings (SSSR count). The molecule has 0 aliphatic carbocycles. The molecule has 0 aromatic heterocycles. The number of nitro groups is 3. The molecule has 0 bridgehead atoms. The van der Waals surface area contributed by atoms with Gasteiger partial charge in [-0.3, -0.25) is 35.3 Å². The molecule has 1 heterocycles. The summed E-state index contributed by atoms with van der Waals surface area (Å²) in [4.78, 5) is 32.1. The standard InChI is InChI=1S/C9H8ClNS.C6H3N3O7/c10-8-3-1-7(2-4-8)9-11-5-6-12-9;10-6-4(8(13)14)1-3(7(11)12)2-5(6)9(15)16/h1-4H,5-6H2;1-2,10H. The van der Waals surface area contributed by atoms with Gasteiger partial charge in [0.15, 0.2) is 0 Å². The Balaban J connectivity index is 0.000000207. The number of phenols is 1. The average molecular weight is 427 g/mol. The predicted octanol–water partition coefficient (Wildman–Crippen LogP) is 3.95. The van der Waals surface area contributed by atoms with E-state index in [0.717, 1.165) is 22.4 Å². The van der Waals surface area contributed by atoms with E-state index in [4.69, 9.17) is 16.7 Å². The Kier molecular flexibility index (Phi) is 6.84. The lowest BCUT2D eigenvalue weighted by Crippen LogP contribution is -1.97. The molecule has 11 nitrogen and oxygen atoms in total. The first-order valence-electron chi connectivity index (χ1n) is 7.44. The Morgan fingerprint density at radius 2 is 1.50 bits per heavy atom. The molecule has 28 heavy (non-hydrogen) atoms. The third-order valence-corrected chi connectivity index (χ3v) is 4.61. The van der Waals surface area contributed by atoms with Gasteiger partial charge in [-0.15, -0.1) is 11.8 Å². The van der Waals surface area contributed by atoms with Crippen molar-refractivity contribution in [3.63, 3.8) is 0 Å². The molecule has 2 aromatic rings.